The Morgan fingerprint density at radius 3 is 1.13 bits per heavy atom. The minimum atomic E-state index is -1.47. The summed E-state index contributed by atoms with van der Waals surface area (Å²) in [6, 6.07) is 0. The van der Waals surface area contributed by atoms with E-state index >= 15 is 0 Å². The number of ketones is 2. The van der Waals surface area contributed by atoms with E-state index in [2.05, 4.69) is 13.8 Å². The van der Waals surface area contributed by atoms with Crippen molar-refractivity contribution < 1.29 is 19.8 Å². The van der Waals surface area contributed by atoms with Crippen LogP contribution >= 0.6 is 0 Å². The average molecular weight is 554 g/mol. The van der Waals surface area contributed by atoms with Crippen LogP contribution in [0.15, 0.2) is 0 Å². The number of carbonyl (C=O) groups is 2. The molecular formula is C34H67NO4. The lowest BCUT2D eigenvalue weighted by Crippen LogP contribution is -2.47. The van der Waals surface area contributed by atoms with Gasteiger partial charge in [0.25, 0.3) is 0 Å². The van der Waals surface area contributed by atoms with Gasteiger partial charge in [-0.15, -0.1) is 0 Å². The Balaban J connectivity index is 4.38. The predicted octanol–water partition coefficient (Wildman–Crippen LogP) is 8.78. The number of hydrogen-bond acceptors (Lipinski definition) is 5. The van der Waals surface area contributed by atoms with Gasteiger partial charge in [0, 0.05) is 25.9 Å². The minimum absolute atomic E-state index is 0.0192. The van der Waals surface area contributed by atoms with Crippen molar-refractivity contribution in [2.45, 2.75) is 181 Å². The number of likely N-dealkylation sites (N-methyl/N-ethyl adjacent to an activating group) is 1. The first-order chi connectivity index (χ1) is 18.8. The summed E-state index contributed by atoms with van der Waals surface area (Å²) >= 11 is 0. The van der Waals surface area contributed by atoms with E-state index in [1.807, 2.05) is 0 Å². The smallest absolute Gasteiger partial charge is 0.164 e. The summed E-state index contributed by atoms with van der Waals surface area (Å²) in [4.78, 5) is 28.3. The molecule has 0 bridgehead atoms. The van der Waals surface area contributed by atoms with Crippen molar-refractivity contribution in [1.82, 2.24) is 4.90 Å². The van der Waals surface area contributed by atoms with Crippen LogP contribution in [0.4, 0.5) is 0 Å². The molecule has 0 aliphatic rings. The fourth-order valence-corrected chi connectivity index (χ4v) is 5.67. The van der Waals surface area contributed by atoms with Gasteiger partial charge in [0.05, 0.1) is 5.41 Å². The zero-order valence-electron chi connectivity index (χ0n) is 26.6. The highest BCUT2D eigenvalue weighted by molar-refractivity contribution is 6.06. The first-order valence-corrected chi connectivity index (χ1v) is 16.9. The Morgan fingerprint density at radius 1 is 0.564 bits per heavy atom. The molecule has 5 heteroatoms. The molecule has 0 heterocycles. The van der Waals surface area contributed by atoms with Crippen molar-refractivity contribution in [2.75, 3.05) is 20.1 Å². The molecule has 0 radical (unpaired) electrons. The number of Topliss-reactive ketones (excluding diaryl/α,β-unsaturated/α-hetero) is 2. The maximum Gasteiger partial charge on any atom is 0.164 e. The monoisotopic (exact) mass is 554 g/mol. The normalized spacial score (nSPS) is 12.1. The fraction of sp³-hybridized carbons (Fsp3) is 0.941. The summed E-state index contributed by atoms with van der Waals surface area (Å²) in [5, 5.41) is 18.7. The molecule has 0 fully saturated rings. The molecule has 0 saturated carbocycles. The van der Waals surface area contributed by atoms with Gasteiger partial charge in [0.2, 0.25) is 0 Å². The molecule has 0 atom stereocenters. The molecule has 0 rings (SSSR count). The number of nitrogens with zero attached hydrogens (tertiary/aromatic N) is 1. The van der Waals surface area contributed by atoms with Gasteiger partial charge in [0.15, 0.2) is 6.29 Å². The number of aliphatic hydroxyl groups is 2. The second-order valence-electron chi connectivity index (χ2n) is 12.4. The second-order valence-corrected chi connectivity index (χ2v) is 12.4. The number of aliphatic hydroxyl groups excluding tert-OH is 1. The maximum absolute atomic E-state index is 13.3. The molecule has 0 saturated heterocycles. The summed E-state index contributed by atoms with van der Waals surface area (Å²) in [5.41, 5.74) is -1.07. The maximum atomic E-state index is 13.3. The minimum Gasteiger partial charge on any atom is -0.367 e. The SMILES string of the molecule is CCCCCCCCCCCCCC(=O)C(C)(CN(C)CC(O)O)C(=O)CCCCCCCCCCCCC. The van der Waals surface area contributed by atoms with Crippen LogP contribution in [0.25, 0.3) is 0 Å². The molecule has 0 unspecified atom stereocenters. The third-order valence-corrected chi connectivity index (χ3v) is 8.31. The van der Waals surface area contributed by atoms with Gasteiger partial charge in [-0.25, -0.2) is 0 Å². The van der Waals surface area contributed by atoms with Crippen LogP contribution in [0.2, 0.25) is 0 Å². The predicted molar refractivity (Wildman–Crippen MR) is 166 cm³/mol. The Bertz CT molecular complexity index is 540. The molecule has 0 aliphatic carbocycles. The molecule has 0 aromatic carbocycles. The van der Waals surface area contributed by atoms with Crippen molar-refractivity contribution >= 4 is 11.6 Å². The molecule has 232 valence electrons. The van der Waals surface area contributed by atoms with Crippen molar-refractivity contribution in [3.8, 4) is 0 Å². The van der Waals surface area contributed by atoms with Crippen LogP contribution in [0.1, 0.15) is 175 Å². The summed E-state index contributed by atoms with van der Waals surface area (Å²) in [5.74, 6) is 0.0385. The second kappa shape index (κ2) is 26.1. The van der Waals surface area contributed by atoms with E-state index in [0.717, 1.165) is 38.5 Å². The summed E-state index contributed by atoms with van der Waals surface area (Å²) in [6.45, 7) is 6.57. The molecule has 0 amide bonds. The van der Waals surface area contributed by atoms with Gasteiger partial charge in [-0.05, 0) is 26.8 Å². The summed E-state index contributed by atoms with van der Waals surface area (Å²) < 4.78 is 0. The molecule has 5 nitrogen and oxygen atoms in total. The summed E-state index contributed by atoms with van der Waals surface area (Å²) in [6.07, 6.45) is 26.5. The third-order valence-electron chi connectivity index (χ3n) is 8.31. The summed E-state index contributed by atoms with van der Waals surface area (Å²) in [7, 11) is 1.75. The van der Waals surface area contributed by atoms with Gasteiger partial charge >= 0.3 is 0 Å². The number of carbonyl (C=O) groups excluding carboxylic acids is 2. The molecule has 0 aromatic rings. The first kappa shape index (κ1) is 38.2. The van der Waals surface area contributed by atoms with Crippen molar-refractivity contribution in [1.29, 1.82) is 0 Å². The topological polar surface area (TPSA) is 77.8 Å². The van der Waals surface area contributed by atoms with Gasteiger partial charge in [-0.3, -0.25) is 14.5 Å². The lowest BCUT2D eigenvalue weighted by atomic mass is 9.77. The van der Waals surface area contributed by atoms with E-state index in [0.29, 0.717) is 12.8 Å². The number of hydrogen-bond donors (Lipinski definition) is 2. The van der Waals surface area contributed by atoms with E-state index in [4.69, 9.17) is 0 Å². The van der Waals surface area contributed by atoms with Crippen molar-refractivity contribution in [2.24, 2.45) is 5.41 Å². The van der Waals surface area contributed by atoms with Crippen LogP contribution in [-0.4, -0.2) is 53.1 Å². The van der Waals surface area contributed by atoms with Crippen LogP contribution in [-0.2, 0) is 9.59 Å². The largest absolute Gasteiger partial charge is 0.367 e. The lowest BCUT2D eigenvalue weighted by molar-refractivity contribution is -0.142. The van der Waals surface area contributed by atoms with Crippen molar-refractivity contribution in [3.05, 3.63) is 0 Å². The van der Waals surface area contributed by atoms with Crippen LogP contribution in [0.5, 0.6) is 0 Å². The van der Waals surface area contributed by atoms with E-state index in [1.165, 1.54) is 103 Å². The van der Waals surface area contributed by atoms with Crippen LogP contribution in [0, 0.1) is 5.41 Å². The van der Waals surface area contributed by atoms with Gasteiger partial charge in [-0.1, -0.05) is 142 Å². The highest BCUT2D eigenvalue weighted by Gasteiger charge is 2.40. The van der Waals surface area contributed by atoms with E-state index in [1.54, 1.807) is 18.9 Å². The van der Waals surface area contributed by atoms with Gasteiger partial charge in [-0.2, -0.15) is 0 Å². The van der Waals surface area contributed by atoms with E-state index in [9.17, 15) is 19.8 Å². The van der Waals surface area contributed by atoms with Crippen LogP contribution < -0.4 is 0 Å². The molecule has 0 aromatic heterocycles. The lowest BCUT2D eigenvalue weighted by Gasteiger charge is -2.32. The Hall–Kier alpha value is -0.780. The molecule has 39 heavy (non-hydrogen) atoms. The average Bonchev–Trinajstić information content (AvgIpc) is 2.89. The highest BCUT2D eigenvalue weighted by Crippen LogP contribution is 2.27. The Morgan fingerprint density at radius 2 is 0.846 bits per heavy atom. The number of unbranched alkanes of at least 4 members (excludes halogenated alkanes) is 20. The number of rotatable bonds is 30. The Labute approximate surface area is 242 Å². The van der Waals surface area contributed by atoms with E-state index in [-0.39, 0.29) is 24.7 Å². The standard InChI is InChI=1S/C34H67NO4/c1-5-7-9-11-13-15-17-19-21-23-25-27-31(36)34(3,30-35(4)29-33(38)39)32(37)28-26-24-22-20-18-16-14-12-10-8-6-2/h33,38-39H,5-30H2,1-4H3. The molecule has 0 aliphatic heterocycles. The zero-order valence-corrected chi connectivity index (χ0v) is 26.6. The Kier molecular flexibility index (Phi) is 25.6. The van der Waals surface area contributed by atoms with Crippen molar-refractivity contribution in [3.63, 3.8) is 0 Å². The quantitative estimate of drug-likeness (QED) is 0.0528. The molecule has 2 N–H and O–H groups in total. The van der Waals surface area contributed by atoms with Gasteiger partial charge in [0.1, 0.15) is 11.6 Å². The first-order valence-electron chi connectivity index (χ1n) is 16.9. The van der Waals surface area contributed by atoms with Crippen LogP contribution in [0.3, 0.4) is 0 Å². The fourth-order valence-electron chi connectivity index (χ4n) is 5.67. The zero-order chi connectivity index (χ0) is 29.2. The van der Waals surface area contributed by atoms with E-state index < -0.39 is 11.7 Å². The highest BCUT2D eigenvalue weighted by atomic mass is 16.5. The molecule has 0 spiro atoms. The third kappa shape index (κ3) is 21.6. The molecular weight excluding hydrogens is 486 g/mol. The van der Waals surface area contributed by atoms with Gasteiger partial charge < -0.3 is 10.2 Å².